The maximum atomic E-state index is 11.4. The van der Waals surface area contributed by atoms with E-state index < -0.39 is 9.84 Å². The van der Waals surface area contributed by atoms with Crippen molar-refractivity contribution in [3.63, 3.8) is 0 Å². The Labute approximate surface area is 116 Å². The molecule has 1 unspecified atom stereocenters. The monoisotopic (exact) mass is 333 g/mol. The Kier molecular flexibility index (Phi) is 3.99. The van der Waals surface area contributed by atoms with E-state index in [4.69, 9.17) is 10.5 Å². The summed E-state index contributed by atoms with van der Waals surface area (Å²) in [6.45, 7) is 1.88. The number of hydrogen-bond donors (Lipinski definition) is 1. The van der Waals surface area contributed by atoms with Crippen LogP contribution in [0.4, 0.5) is 0 Å². The molecule has 2 N–H and O–H groups in total. The average Bonchev–Trinajstić information content (AvgIpc) is 2.57. The molecular formula is C12H16BrNO3S. The third-order valence-electron chi connectivity index (χ3n) is 2.95. The Morgan fingerprint density at radius 2 is 2.22 bits per heavy atom. The van der Waals surface area contributed by atoms with Gasteiger partial charge in [-0.25, -0.2) is 8.42 Å². The molecule has 100 valence electrons. The molecule has 4 nitrogen and oxygen atoms in total. The molecule has 2 rings (SSSR count). The van der Waals surface area contributed by atoms with Crippen LogP contribution < -0.4 is 10.5 Å². The van der Waals surface area contributed by atoms with E-state index in [0.29, 0.717) is 12.2 Å². The highest BCUT2D eigenvalue weighted by Crippen LogP contribution is 2.30. The van der Waals surface area contributed by atoms with Crippen molar-refractivity contribution in [2.24, 2.45) is 5.73 Å². The van der Waals surface area contributed by atoms with Gasteiger partial charge in [0.15, 0.2) is 9.84 Å². The Hall–Kier alpha value is -0.590. The molecule has 0 saturated carbocycles. The van der Waals surface area contributed by atoms with E-state index in [1.165, 1.54) is 0 Å². The molecule has 0 aromatic heterocycles. The molecule has 1 aliphatic heterocycles. The van der Waals surface area contributed by atoms with Gasteiger partial charge < -0.3 is 10.5 Å². The summed E-state index contributed by atoms with van der Waals surface area (Å²) < 4.78 is 29.5. The van der Waals surface area contributed by atoms with E-state index in [9.17, 15) is 8.42 Å². The van der Waals surface area contributed by atoms with Gasteiger partial charge in [-0.3, -0.25) is 0 Å². The number of hydrogen-bond acceptors (Lipinski definition) is 4. The quantitative estimate of drug-likeness (QED) is 0.918. The van der Waals surface area contributed by atoms with E-state index in [0.717, 1.165) is 10.0 Å². The van der Waals surface area contributed by atoms with E-state index in [-0.39, 0.29) is 23.7 Å². The van der Waals surface area contributed by atoms with E-state index in [2.05, 4.69) is 15.9 Å². The number of rotatable bonds is 3. The largest absolute Gasteiger partial charge is 0.489 e. The van der Waals surface area contributed by atoms with Crippen LogP contribution in [-0.2, 0) is 9.84 Å². The first-order chi connectivity index (χ1) is 8.37. The molecule has 1 aromatic carbocycles. The van der Waals surface area contributed by atoms with Crippen LogP contribution in [0.3, 0.4) is 0 Å². The van der Waals surface area contributed by atoms with Crippen LogP contribution in [0, 0.1) is 0 Å². The minimum atomic E-state index is -2.93. The first-order valence-electron chi connectivity index (χ1n) is 5.79. The predicted octanol–water partition coefficient (Wildman–Crippen LogP) is 2.03. The molecular weight excluding hydrogens is 318 g/mol. The van der Waals surface area contributed by atoms with Gasteiger partial charge in [0.2, 0.25) is 0 Å². The second-order valence-corrected chi connectivity index (χ2v) is 7.76. The van der Waals surface area contributed by atoms with Crippen molar-refractivity contribution in [1.82, 2.24) is 0 Å². The Bertz CT molecular complexity index is 542. The molecule has 2 atom stereocenters. The first kappa shape index (κ1) is 13.8. The molecule has 0 radical (unpaired) electrons. The lowest BCUT2D eigenvalue weighted by Gasteiger charge is -2.18. The summed E-state index contributed by atoms with van der Waals surface area (Å²) in [4.78, 5) is 0. The third kappa shape index (κ3) is 3.24. The van der Waals surface area contributed by atoms with Crippen LogP contribution in [0.5, 0.6) is 5.75 Å². The minimum absolute atomic E-state index is 0.0951. The first-order valence-corrected chi connectivity index (χ1v) is 8.41. The van der Waals surface area contributed by atoms with Gasteiger partial charge in [-0.1, -0.05) is 22.0 Å². The predicted molar refractivity (Wildman–Crippen MR) is 74.4 cm³/mol. The second-order valence-electron chi connectivity index (χ2n) is 4.61. The highest BCUT2D eigenvalue weighted by molar-refractivity contribution is 9.10. The van der Waals surface area contributed by atoms with Crippen molar-refractivity contribution in [3.8, 4) is 5.75 Å². The summed E-state index contributed by atoms with van der Waals surface area (Å²) in [7, 11) is -2.93. The number of benzene rings is 1. The van der Waals surface area contributed by atoms with Crippen molar-refractivity contribution < 1.29 is 13.2 Å². The fourth-order valence-electron chi connectivity index (χ4n) is 2.02. The molecule has 1 fully saturated rings. The van der Waals surface area contributed by atoms with E-state index in [1.54, 1.807) is 0 Å². The van der Waals surface area contributed by atoms with Crippen LogP contribution in [0.25, 0.3) is 0 Å². The molecule has 0 spiro atoms. The second kappa shape index (κ2) is 5.19. The minimum Gasteiger partial charge on any atom is -0.489 e. The fraction of sp³-hybridized carbons (Fsp3) is 0.500. The van der Waals surface area contributed by atoms with Crippen molar-refractivity contribution >= 4 is 25.8 Å². The van der Waals surface area contributed by atoms with Gasteiger partial charge in [0.25, 0.3) is 0 Å². The SMILES string of the molecule is C[C@H](N)c1ccc(Br)cc1OC1CCS(=O)(=O)C1. The average molecular weight is 334 g/mol. The lowest BCUT2D eigenvalue weighted by Crippen LogP contribution is -2.19. The van der Waals surface area contributed by atoms with Gasteiger partial charge in [0.05, 0.1) is 11.5 Å². The number of halogens is 1. The van der Waals surface area contributed by atoms with Gasteiger partial charge in [-0.15, -0.1) is 0 Å². The van der Waals surface area contributed by atoms with Crippen LogP contribution in [-0.4, -0.2) is 26.0 Å². The summed E-state index contributed by atoms with van der Waals surface area (Å²) in [6, 6.07) is 5.49. The van der Waals surface area contributed by atoms with Crippen molar-refractivity contribution in [1.29, 1.82) is 0 Å². The topological polar surface area (TPSA) is 69.4 Å². The molecule has 1 heterocycles. The van der Waals surface area contributed by atoms with Gasteiger partial charge in [0, 0.05) is 16.1 Å². The molecule has 0 amide bonds. The lowest BCUT2D eigenvalue weighted by molar-refractivity contribution is 0.225. The summed E-state index contributed by atoms with van der Waals surface area (Å²) in [5, 5.41) is 0. The Morgan fingerprint density at radius 1 is 1.50 bits per heavy atom. The van der Waals surface area contributed by atoms with Gasteiger partial charge in [-0.05, 0) is 25.5 Å². The summed E-state index contributed by atoms with van der Waals surface area (Å²) >= 11 is 3.38. The van der Waals surface area contributed by atoms with Crippen LogP contribution >= 0.6 is 15.9 Å². The molecule has 1 saturated heterocycles. The normalized spacial score (nSPS) is 23.8. The molecule has 6 heteroatoms. The maximum absolute atomic E-state index is 11.4. The van der Waals surface area contributed by atoms with Crippen molar-refractivity contribution in [3.05, 3.63) is 28.2 Å². The zero-order valence-electron chi connectivity index (χ0n) is 10.1. The molecule has 1 aliphatic rings. The molecule has 0 aliphatic carbocycles. The molecule has 1 aromatic rings. The number of ether oxygens (including phenoxy) is 1. The van der Waals surface area contributed by atoms with Gasteiger partial charge >= 0.3 is 0 Å². The van der Waals surface area contributed by atoms with Gasteiger partial charge in [-0.2, -0.15) is 0 Å². The Balaban J connectivity index is 2.21. The van der Waals surface area contributed by atoms with E-state index in [1.807, 2.05) is 25.1 Å². The van der Waals surface area contributed by atoms with E-state index >= 15 is 0 Å². The highest BCUT2D eigenvalue weighted by Gasteiger charge is 2.30. The summed E-state index contributed by atoms with van der Waals surface area (Å²) in [5.41, 5.74) is 6.77. The smallest absolute Gasteiger partial charge is 0.154 e. The third-order valence-corrected chi connectivity index (χ3v) is 5.18. The summed E-state index contributed by atoms with van der Waals surface area (Å²) in [6.07, 6.45) is 0.287. The zero-order chi connectivity index (χ0) is 13.3. The molecule has 0 bridgehead atoms. The maximum Gasteiger partial charge on any atom is 0.154 e. The number of sulfone groups is 1. The fourth-order valence-corrected chi connectivity index (χ4v) is 3.95. The summed E-state index contributed by atoms with van der Waals surface area (Å²) in [5.74, 6) is 0.971. The zero-order valence-corrected chi connectivity index (χ0v) is 12.5. The van der Waals surface area contributed by atoms with Crippen molar-refractivity contribution in [2.75, 3.05) is 11.5 Å². The standard InChI is InChI=1S/C12H16BrNO3S/c1-8(14)11-3-2-9(13)6-12(11)17-10-4-5-18(15,16)7-10/h2-3,6,8,10H,4-5,7,14H2,1H3/t8-,10?/m0/s1. The lowest BCUT2D eigenvalue weighted by atomic mass is 10.1. The Morgan fingerprint density at radius 3 is 2.78 bits per heavy atom. The highest BCUT2D eigenvalue weighted by atomic mass is 79.9. The van der Waals surface area contributed by atoms with Crippen molar-refractivity contribution in [2.45, 2.75) is 25.5 Å². The van der Waals surface area contributed by atoms with Crippen LogP contribution in [0.2, 0.25) is 0 Å². The molecule has 18 heavy (non-hydrogen) atoms. The number of nitrogens with two attached hydrogens (primary N) is 1. The van der Waals surface area contributed by atoms with Crippen LogP contribution in [0.1, 0.15) is 24.9 Å². The van der Waals surface area contributed by atoms with Gasteiger partial charge in [0.1, 0.15) is 11.9 Å². The van der Waals surface area contributed by atoms with Crippen LogP contribution in [0.15, 0.2) is 22.7 Å².